The van der Waals surface area contributed by atoms with Crippen molar-refractivity contribution in [2.24, 2.45) is 0 Å². The van der Waals surface area contributed by atoms with Gasteiger partial charge in [-0.3, -0.25) is 4.79 Å². The highest BCUT2D eigenvalue weighted by Gasteiger charge is 2.18. The van der Waals surface area contributed by atoms with Crippen molar-refractivity contribution in [3.63, 3.8) is 0 Å². The van der Waals surface area contributed by atoms with Gasteiger partial charge in [0, 0.05) is 24.3 Å². The molecule has 0 aliphatic rings. The molecule has 0 spiro atoms. The Morgan fingerprint density at radius 1 is 1.45 bits per heavy atom. The Labute approximate surface area is 132 Å². The zero-order valence-corrected chi connectivity index (χ0v) is 13.1. The molecule has 1 amide bonds. The van der Waals surface area contributed by atoms with Crippen molar-refractivity contribution in [3.05, 3.63) is 53.3 Å². The van der Waals surface area contributed by atoms with Crippen LogP contribution in [0.15, 0.2) is 41.3 Å². The Hall–Kier alpha value is -2.27. The molecule has 0 saturated carbocycles. The average molecular weight is 318 g/mol. The Kier molecular flexibility index (Phi) is 3.90. The van der Waals surface area contributed by atoms with Crippen LogP contribution < -0.4 is 5.32 Å². The Morgan fingerprint density at radius 3 is 3.05 bits per heavy atom. The Balaban J connectivity index is 1.87. The number of hydrogen-bond donors (Lipinski definition) is 1. The summed E-state index contributed by atoms with van der Waals surface area (Å²) in [5.74, 6) is 0.648. The van der Waals surface area contributed by atoms with Crippen LogP contribution in [0.3, 0.4) is 0 Å². The van der Waals surface area contributed by atoms with E-state index < -0.39 is 0 Å². The van der Waals surface area contributed by atoms with Gasteiger partial charge >= 0.3 is 0 Å². The van der Waals surface area contributed by atoms with Gasteiger partial charge in [0.25, 0.3) is 5.91 Å². The summed E-state index contributed by atoms with van der Waals surface area (Å²) in [5.41, 5.74) is 1.06. The number of halogens is 1. The molecule has 2 heterocycles. The van der Waals surface area contributed by atoms with Crippen molar-refractivity contribution < 1.29 is 9.21 Å². The lowest BCUT2D eigenvalue weighted by Gasteiger charge is -2.15. The minimum Gasteiger partial charge on any atom is -0.463 e. The van der Waals surface area contributed by atoms with E-state index in [1.165, 1.54) is 6.26 Å². The van der Waals surface area contributed by atoms with Crippen LogP contribution in [0.1, 0.15) is 36.1 Å². The summed E-state index contributed by atoms with van der Waals surface area (Å²) in [6.45, 7) is 4.76. The fourth-order valence-corrected chi connectivity index (χ4v) is 2.74. The van der Waals surface area contributed by atoms with Crippen LogP contribution in [0.5, 0.6) is 0 Å². The summed E-state index contributed by atoms with van der Waals surface area (Å²) < 4.78 is 7.33. The van der Waals surface area contributed by atoms with Gasteiger partial charge in [-0.25, -0.2) is 4.98 Å². The van der Waals surface area contributed by atoms with Crippen LogP contribution >= 0.6 is 11.6 Å². The number of amides is 1. The highest BCUT2D eigenvalue weighted by molar-refractivity contribution is 6.35. The van der Waals surface area contributed by atoms with Gasteiger partial charge in [0.15, 0.2) is 5.58 Å². The van der Waals surface area contributed by atoms with Crippen LogP contribution in [0.4, 0.5) is 0 Å². The minimum absolute atomic E-state index is 0.179. The van der Waals surface area contributed by atoms with Gasteiger partial charge in [-0.2, -0.15) is 0 Å². The number of nitrogens with zero attached hydrogens (tertiary/aromatic N) is 2. The van der Waals surface area contributed by atoms with Crippen molar-refractivity contribution in [1.29, 1.82) is 0 Å². The quantitative estimate of drug-likeness (QED) is 0.796. The zero-order valence-electron chi connectivity index (χ0n) is 12.3. The van der Waals surface area contributed by atoms with Crippen LogP contribution in [-0.2, 0) is 6.54 Å². The van der Waals surface area contributed by atoms with Crippen molar-refractivity contribution in [1.82, 2.24) is 14.9 Å². The molecule has 1 N–H and O–H groups in total. The van der Waals surface area contributed by atoms with E-state index in [0.717, 1.165) is 12.4 Å². The van der Waals surface area contributed by atoms with E-state index in [0.29, 0.717) is 21.6 Å². The summed E-state index contributed by atoms with van der Waals surface area (Å²) in [6.07, 6.45) is 5.16. The second-order valence-electron chi connectivity index (χ2n) is 5.02. The third-order valence-electron chi connectivity index (χ3n) is 3.64. The maximum atomic E-state index is 12.5. The number of furan rings is 1. The minimum atomic E-state index is -0.194. The second-order valence-corrected chi connectivity index (χ2v) is 5.43. The van der Waals surface area contributed by atoms with E-state index >= 15 is 0 Å². The maximum Gasteiger partial charge on any atom is 0.252 e. The Bertz CT molecular complexity index is 822. The first-order valence-electron chi connectivity index (χ1n) is 7.09. The lowest BCUT2D eigenvalue weighted by atomic mass is 10.1. The van der Waals surface area contributed by atoms with E-state index in [1.807, 2.05) is 24.6 Å². The molecule has 0 radical (unpaired) electrons. The number of rotatable bonds is 4. The number of carbonyl (C=O) groups is 1. The maximum absolute atomic E-state index is 12.5. The van der Waals surface area contributed by atoms with E-state index in [1.54, 1.807) is 24.4 Å². The van der Waals surface area contributed by atoms with Gasteiger partial charge in [-0.05, 0) is 32.0 Å². The van der Waals surface area contributed by atoms with Gasteiger partial charge in [-0.1, -0.05) is 11.6 Å². The zero-order chi connectivity index (χ0) is 15.7. The van der Waals surface area contributed by atoms with Crippen molar-refractivity contribution in [2.75, 3.05) is 0 Å². The highest BCUT2D eigenvalue weighted by atomic mass is 35.5. The number of imidazole rings is 1. The van der Waals surface area contributed by atoms with E-state index in [9.17, 15) is 4.79 Å². The molecule has 3 aromatic rings. The molecule has 0 saturated heterocycles. The second kappa shape index (κ2) is 5.85. The van der Waals surface area contributed by atoms with Crippen LogP contribution in [0.2, 0.25) is 5.02 Å². The molecular formula is C16H16ClN3O2. The van der Waals surface area contributed by atoms with Gasteiger partial charge in [0.1, 0.15) is 5.82 Å². The lowest BCUT2D eigenvalue weighted by molar-refractivity contribution is 0.0939. The summed E-state index contributed by atoms with van der Waals surface area (Å²) in [4.78, 5) is 16.8. The monoisotopic (exact) mass is 317 g/mol. The van der Waals surface area contributed by atoms with E-state index in [2.05, 4.69) is 10.3 Å². The number of aromatic nitrogens is 2. The summed E-state index contributed by atoms with van der Waals surface area (Å²) in [6, 6.07) is 4.92. The lowest BCUT2D eigenvalue weighted by Crippen LogP contribution is -2.28. The normalized spacial score (nSPS) is 12.5. The molecule has 5 nitrogen and oxygen atoms in total. The largest absolute Gasteiger partial charge is 0.463 e. The number of nitrogens with one attached hydrogen (secondary N) is 1. The Morgan fingerprint density at radius 2 is 2.27 bits per heavy atom. The number of fused-ring (bicyclic) bond motifs is 1. The van der Waals surface area contributed by atoms with Crippen molar-refractivity contribution in [3.8, 4) is 0 Å². The predicted octanol–water partition coefficient (Wildman–Crippen LogP) is 3.79. The third-order valence-corrected chi connectivity index (χ3v) is 3.93. The number of hydrogen-bond acceptors (Lipinski definition) is 3. The molecular weight excluding hydrogens is 302 g/mol. The molecule has 0 bridgehead atoms. The molecule has 114 valence electrons. The molecule has 0 unspecified atom stereocenters. The highest BCUT2D eigenvalue weighted by Crippen LogP contribution is 2.27. The standard InChI is InChI=1S/C16H16ClN3O2/c1-3-20-8-7-18-15(20)10(2)19-16(21)12-4-5-13(17)14-11(12)6-9-22-14/h4-10H,3H2,1-2H3,(H,19,21)/t10-/m0/s1. The van der Waals surface area contributed by atoms with Crippen LogP contribution in [-0.4, -0.2) is 15.5 Å². The summed E-state index contributed by atoms with van der Waals surface area (Å²) in [5, 5.41) is 4.16. The first-order valence-corrected chi connectivity index (χ1v) is 7.47. The summed E-state index contributed by atoms with van der Waals surface area (Å²) in [7, 11) is 0. The fraction of sp³-hybridized carbons (Fsp3) is 0.250. The molecule has 6 heteroatoms. The molecule has 1 atom stereocenters. The third kappa shape index (κ3) is 2.48. The van der Waals surface area contributed by atoms with Crippen molar-refractivity contribution >= 4 is 28.5 Å². The predicted molar refractivity (Wildman–Crippen MR) is 85.0 cm³/mol. The summed E-state index contributed by atoms with van der Waals surface area (Å²) >= 11 is 6.06. The van der Waals surface area contributed by atoms with Gasteiger partial charge < -0.3 is 14.3 Å². The first-order chi connectivity index (χ1) is 10.6. The van der Waals surface area contributed by atoms with Crippen LogP contribution in [0.25, 0.3) is 11.0 Å². The average Bonchev–Trinajstić information content (AvgIpc) is 3.16. The van der Waals surface area contributed by atoms with Crippen LogP contribution in [0, 0.1) is 0 Å². The topological polar surface area (TPSA) is 60.1 Å². The molecule has 0 aliphatic carbocycles. The molecule has 0 fully saturated rings. The first kappa shape index (κ1) is 14.7. The van der Waals surface area contributed by atoms with Gasteiger partial charge in [-0.15, -0.1) is 0 Å². The fourth-order valence-electron chi connectivity index (χ4n) is 2.53. The molecule has 3 rings (SSSR count). The SMILES string of the molecule is CCn1ccnc1[C@H](C)NC(=O)c1ccc(Cl)c2occc12. The number of carbonyl (C=O) groups excluding carboxylic acids is 1. The number of benzene rings is 1. The van der Waals surface area contributed by atoms with Crippen molar-refractivity contribution in [2.45, 2.75) is 26.4 Å². The number of aryl methyl sites for hydroxylation is 1. The van der Waals surface area contributed by atoms with E-state index in [-0.39, 0.29) is 11.9 Å². The smallest absolute Gasteiger partial charge is 0.252 e. The van der Waals surface area contributed by atoms with Gasteiger partial charge in [0.05, 0.1) is 22.9 Å². The molecule has 2 aromatic heterocycles. The molecule has 22 heavy (non-hydrogen) atoms. The molecule has 0 aliphatic heterocycles. The van der Waals surface area contributed by atoms with E-state index in [4.69, 9.17) is 16.0 Å². The molecule has 1 aromatic carbocycles. The van der Waals surface area contributed by atoms with Gasteiger partial charge in [0.2, 0.25) is 0 Å².